The molecule has 0 radical (unpaired) electrons. The lowest BCUT2D eigenvalue weighted by atomic mass is 9.92. The lowest BCUT2D eigenvalue weighted by molar-refractivity contribution is 0.102. The van der Waals surface area contributed by atoms with Gasteiger partial charge in [0.1, 0.15) is 11.8 Å². The molecule has 166 valence electrons. The maximum atomic E-state index is 12.6. The van der Waals surface area contributed by atoms with Gasteiger partial charge in [-0.1, -0.05) is 0 Å². The fourth-order valence-corrected chi connectivity index (χ4v) is 4.94. The molecule has 1 fully saturated rings. The standard InChI is InChI=1S/C23H22N8OS/c1-14-9-26-23(33-14)29-22(32)15-4-6-17(7-5-15)31-11-18(16-3-2-8-30(10-16)12-24)19-20(31)21(25)28-13-27-19/h4-7,9,11,13,16H,2-3,8,10H2,1H3,(H2,25,27,28)(H,26,29,32). The average molecular weight is 459 g/mol. The number of hydrogen-bond acceptors (Lipinski definition) is 8. The Balaban J connectivity index is 1.48. The van der Waals surface area contributed by atoms with E-state index in [9.17, 15) is 10.1 Å². The van der Waals surface area contributed by atoms with E-state index < -0.39 is 0 Å². The number of hydrogen-bond donors (Lipinski definition) is 2. The highest BCUT2D eigenvalue weighted by atomic mass is 32.1. The Hall–Kier alpha value is -3.97. The fourth-order valence-electron chi connectivity index (χ4n) is 4.29. The number of piperidine rings is 1. The Morgan fingerprint density at radius 3 is 2.82 bits per heavy atom. The van der Waals surface area contributed by atoms with Gasteiger partial charge in [-0.05, 0) is 44.0 Å². The summed E-state index contributed by atoms with van der Waals surface area (Å²) in [7, 11) is 0. The molecule has 3 aromatic heterocycles. The first kappa shape index (κ1) is 20.9. The van der Waals surface area contributed by atoms with Crippen LogP contribution in [0.25, 0.3) is 16.7 Å². The van der Waals surface area contributed by atoms with Crippen LogP contribution < -0.4 is 11.1 Å². The van der Waals surface area contributed by atoms with Gasteiger partial charge in [-0.15, -0.1) is 11.3 Å². The fraction of sp³-hybridized carbons (Fsp3) is 0.261. The van der Waals surface area contributed by atoms with Gasteiger partial charge in [-0.2, -0.15) is 5.26 Å². The zero-order valence-electron chi connectivity index (χ0n) is 18.0. The van der Waals surface area contributed by atoms with E-state index in [1.54, 1.807) is 23.2 Å². The van der Waals surface area contributed by atoms with Crippen LogP contribution in [0, 0.1) is 18.4 Å². The second-order valence-electron chi connectivity index (χ2n) is 8.07. The lowest BCUT2D eigenvalue weighted by Crippen LogP contribution is -2.30. The van der Waals surface area contributed by atoms with Crippen molar-refractivity contribution in [3.05, 3.63) is 59.0 Å². The number of nitriles is 1. The third-order valence-corrected chi connectivity index (χ3v) is 6.71. The number of nitrogens with two attached hydrogens (primary N) is 1. The molecule has 4 heterocycles. The second kappa shape index (κ2) is 8.52. The number of carbonyl (C=O) groups excluding carboxylic acids is 1. The molecular formula is C23H22N8OS. The molecule has 5 rings (SSSR count). The van der Waals surface area contributed by atoms with Crippen molar-refractivity contribution in [2.24, 2.45) is 0 Å². The van der Waals surface area contributed by atoms with Crippen molar-refractivity contribution in [1.82, 2.24) is 24.4 Å². The van der Waals surface area contributed by atoms with Gasteiger partial charge in [-0.3, -0.25) is 10.1 Å². The number of fused-ring (bicyclic) bond motifs is 1. The zero-order chi connectivity index (χ0) is 22.9. The van der Waals surface area contributed by atoms with Crippen molar-refractivity contribution in [3.63, 3.8) is 0 Å². The summed E-state index contributed by atoms with van der Waals surface area (Å²) in [6.45, 7) is 3.39. The normalized spacial score (nSPS) is 16.0. The van der Waals surface area contributed by atoms with Crippen molar-refractivity contribution in [2.75, 3.05) is 24.1 Å². The van der Waals surface area contributed by atoms with Crippen molar-refractivity contribution in [3.8, 4) is 11.9 Å². The average Bonchev–Trinajstić information content (AvgIpc) is 3.43. The minimum absolute atomic E-state index is 0.184. The Morgan fingerprint density at radius 1 is 1.27 bits per heavy atom. The number of amides is 1. The van der Waals surface area contributed by atoms with E-state index in [0.717, 1.165) is 46.5 Å². The number of benzene rings is 1. The predicted molar refractivity (Wildman–Crippen MR) is 127 cm³/mol. The number of nitrogens with one attached hydrogen (secondary N) is 1. The van der Waals surface area contributed by atoms with Crippen LogP contribution in [-0.2, 0) is 0 Å². The van der Waals surface area contributed by atoms with Gasteiger partial charge in [0.05, 0.1) is 5.52 Å². The first-order chi connectivity index (χ1) is 16.0. The molecule has 1 unspecified atom stereocenters. The molecule has 0 saturated carbocycles. The molecule has 0 spiro atoms. The molecule has 4 aromatic rings. The highest BCUT2D eigenvalue weighted by Gasteiger charge is 2.26. The van der Waals surface area contributed by atoms with E-state index in [-0.39, 0.29) is 11.8 Å². The van der Waals surface area contributed by atoms with E-state index in [4.69, 9.17) is 5.73 Å². The molecule has 1 aromatic carbocycles. The van der Waals surface area contributed by atoms with Crippen molar-refractivity contribution in [1.29, 1.82) is 5.26 Å². The van der Waals surface area contributed by atoms with Crippen LogP contribution in [0.4, 0.5) is 10.9 Å². The number of carbonyl (C=O) groups is 1. The lowest BCUT2D eigenvalue weighted by Gasteiger charge is -2.28. The number of aromatic nitrogens is 4. The van der Waals surface area contributed by atoms with E-state index >= 15 is 0 Å². The topological polar surface area (TPSA) is 126 Å². The SMILES string of the molecule is Cc1cnc(NC(=O)c2ccc(-n3cc(C4CCCN(C#N)C4)c4ncnc(N)c43)cc2)s1. The Bertz CT molecular complexity index is 1370. The van der Waals surface area contributed by atoms with E-state index in [2.05, 4.69) is 26.5 Å². The molecule has 1 amide bonds. The van der Waals surface area contributed by atoms with Crippen molar-refractivity contribution >= 4 is 39.2 Å². The summed E-state index contributed by atoms with van der Waals surface area (Å²) >= 11 is 1.43. The monoisotopic (exact) mass is 458 g/mol. The van der Waals surface area contributed by atoms with Crippen molar-refractivity contribution < 1.29 is 4.79 Å². The zero-order valence-corrected chi connectivity index (χ0v) is 18.8. The number of nitrogen functional groups attached to an aromatic ring is 1. The van der Waals surface area contributed by atoms with Gasteiger partial charge in [0.2, 0.25) is 0 Å². The predicted octanol–water partition coefficient (Wildman–Crippen LogP) is 3.68. The Labute approximate surface area is 194 Å². The van der Waals surface area contributed by atoms with Crippen LogP contribution in [0.5, 0.6) is 0 Å². The first-order valence-corrected chi connectivity index (χ1v) is 11.5. The number of nitrogens with zero attached hydrogens (tertiary/aromatic N) is 6. The third kappa shape index (κ3) is 3.99. The Morgan fingerprint density at radius 2 is 2.09 bits per heavy atom. The van der Waals surface area contributed by atoms with Gasteiger partial charge in [0.25, 0.3) is 5.91 Å². The smallest absolute Gasteiger partial charge is 0.257 e. The van der Waals surface area contributed by atoms with Gasteiger partial charge < -0.3 is 15.2 Å². The van der Waals surface area contributed by atoms with E-state index in [1.807, 2.05) is 29.8 Å². The Kier molecular flexibility index (Phi) is 5.40. The molecule has 9 nitrogen and oxygen atoms in total. The number of anilines is 2. The first-order valence-electron chi connectivity index (χ1n) is 10.6. The molecule has 0 bridgehead atoms. The molecule has 10 heteroatoms. The van der Waals surface area contributed by atoms with Gasteiger partial charge in [0, 0.05) is 53.1 Å². The summed E-state index contributed by atoms with van der Waals surface area (Å²) in [5, 5.41) is 12.8. The molecule has 0 aliphatic carbocycles. The van der Waals surface area contributed by atoms with Crippen LogP contribution in [0.3, 0.4) is 0 Å². The maximum absolute atomic E-state index is 12.6. The summed E-state index contributed by atoms with van der Waals surface area (Å²) in [4.78, 5) is 28.3. The summed E-state index contributed by atoms with van der Waals surface area (Å²) in [5.41, 5.74) is 10.2. The number of aryl methyl sites for hydroxylation is 1. The maximum Gasteiger partial charge on any atom is 0.257 e. The van der Waals surface area contributed by atoms with Crippen LogP contribution in [0.1, 0.15) is 39.6 Å². The van der Waals surface area contributed by atoms with E-state index in [0.29, 0.717) is 23.1 Å². The van der Waals surface area contributed by atoms with Gasteiger partial charge in [-0.25, -0.2) is 15.0 Å². The van der Waals surface area contributed by atoms with E-state index in [1.165, 1.54) is 17.7 Å². The quantitative estimate of drug-likeness (QED) is 0.447. The number of likely N-dealkylation sites (tertiary alicyclic amines) is 1. The second-order valence-corrected chi connectivity index (χ2v) is 9.31. The minimum Gasteiger partial charge on any atom is -0.382 e. The summed E-state index contributed by atoms with van der Waals surface area (Å²) in [6.07, 6.45) is 9.44. The summed E-state index contributed by atoms with van der Waals surface area (Å²) in [6, 6.07) is 7.30. The highest BCUT2D eigenvalue weighted by molar-refractivity contribution is 7.15. The van der Waals surface area contributed by atoms with Crippen LogP contribution in [-0.4, -0.2) is 43.4 Å². The molecular weight excluding hydrogens is 436 g/mol. The molecule has 3 N–H and O–H groups in total. The summed E-state index contributed by atoms with van der Waals surface area (Å²) in [5.74, 6) is 0.360. The van der Waals surface area contributed by atoms with Crippen molar-refractivity contribution in [2.45, 2.75) is 25.7 Å². The minimum atomic E-state index is -0.212. The van der Waals surface area contributed by atoms with Crippen LogP contribution in [0.2, 0.25) is 0 Å². The third-order valence-electron chi connectivity index (χ3n) is 5.89. The molecule has 1 atom stereocenters. The van der Waals surface area contributed by atoms with Gasteiger partial charge in [0.15, 0.2) is 17.1 Å². The molecule has 1 saturated heterocycles. The molecule has 33 heavy (non-hydrogen) atoms. The number of rotatable bonds is 4. The van der Waals surface area contributed by atoms with Crippen LogP contribution in [0.15, 0.2) is 43.0 Å². The molecule has 1 aliphatic rings. The van der Waals surface area contributed by atoms with Crippen LogP contribution >= 0.6 is 11.3 Å². The summed E-state index contributed by atoms with van der Waals surface area (Å²) < 4.78 is 1.97. The highest BCUT2D eigenvalue weighted by Crippen LogP contribution is 2.35. The molecule has 1 aliphatic heterocycles. The van der Waals surface area contributed by atoms with Gasteiger partial charge >= 0.3 is 0 Å². The number of thiazole rings is 1. The largest absolute Gasteiger partial charge is 0.382 e.